The molecule has 1 aliphatic heterocycles. The lowest BCUT2D eigenvalue weighted by Crippen LogP contribution is -2.54. The number of benzene rings is 3. The molecule has 0 radical (unpaired) electrons. The van der Waals surface area contributed by atoms with E-state index >= 15 is 0 Å². The maximum atomic E-state index is 13.4. The van der Waals surface area contributed by atoms with Crippen molar-refractivity contribution in [3.05, 3.63) is 99.1 Å². The molecule has 0 aliphatic carbocycles. The summed E-state index contributed by atoms with van der Waals surface area (Å²) in [7, 11) is 1.57. The van der Waals surface area contributed by atoms with E-state index in [0.29, 0.717) is 28.4 Å². The van der Waals surface area contributed by atoms with Crippen molar-refractivity contribution in [1.29, 1.82) is 0 Å². The highest BCUT2D eigenvalue weighted by Crippen LogP contribution is 2.29. The van der Waals surface area contributed by atoms with Gasteiger partial charge in [-0.1, -0.05) is 53.6 Å². The van der Waals surface area contributed by atoms with Crippen molar-refractivity contribution in [2.75, 3.05) is 12.0 Å². The third-order valence-electron chi connectivity index (χ3n) is 5.68. The van der Waals surface area contributed by atoms with Gasteiger partial charge in [-0.25, -0.2) is 9.69 Å². The molecule has 1 N–H and O–H groups in total. The van der Waals surface area contributed by atoms with Gasteiger partial charge in [-0.3, -0.25) is 14.9 Å². The van der Waals surface area contributed by atoms with Gasteiger partial charge in [-0.05, 0) is 72.9 Å². The molecule has 0 atom stereocenters. The average Bonchev–Trinajstić information content (AvgIpc) is 2.80. The molecule has 0 aromatic heterocycles. The minimum Gasteiger partial charge on any atom is -0.497 e. The number of imide groups is 2. The maximum Gasteiger partial charge on any atom is 0.335 e. The zero-order valence-electron chi connectivity index (χ0n) is 19.0. The summed E-state index contributed by atoms with van der Waals surface area (Å²) in [4.78, 5) is 39.6. The van der Waals surface area contributed by atoms with E-state index in [-0.39, 0.29) is 5.57 Å². The Morgan fingerprint density at radius 1 is 0.971 bits per heavy atom. The van der Waals surface area contributed by atoms with Crippen LogP contribution in [-0.4, -0.2) is 25.0 Å². The second-order valence-electron chi connectivity index (χ2n) is 8.08. The molecule has 34 heavy (non-hydrogen) atoms. The van der Waals surface area contributed by atoms with Gasteiger partial charge in [0.25, 0.3) is 11.8 Å². The number of anilines is 1. The van der Waals surface area contributed by atoms with Crippen LogP contribution in [-0.2, 0) is 16.0 Å². The van der Waals surface area contributed by atoms with Crippen LogP contribution in [0.5, 0.6) is 5.75 Å². The lowest BCUT2D eigenvalue weighted by molar-refractivity contribution is -0.122. The van der Waals surface area contributed by atoms with E-state index < -0.39 is 17.8 Å². The van der Waals surface area contributed by atoms with Crippen molar-refractivity contribution in [3.63, 3.8) is 0 Å². The highest BCUT2D eigenvalue weighted by Gasteiger charge is 2.37. The fraction of sp³-hybridized carbons (Fsp3) is 0.148. The number of carbonyl (C=O) groups is 3. The number of urea groups is 1. The highest BCUT2D eigenvalue weighted by molar-refractivity contribution is 6.39. The number of methoxy groups -OCH3 is 1. The molecule has 1 saturated heterocycles. The van der Waals surface area contributed by atoms with Gasteiger partial charge in [0.15, 0.2) is 0 Å². The second-order valence-corrected chi connectivity index (χ2v) is 8.49. The summed E-state index contributed by atoms with van der Waals surface area (Å²) in [5.74, 6) is -0.786. The van der Waals surface area contributed by atoms with Gasteiger partial charge in [0, 0.05) is 5.02 Å². The predicted molar refractivity (Wildman–Crippen MR) is 132 cm³/mol. The molecule has 0 unspecified atom stereocenters. The monoisotopic (exact) mass is 474 g/mol. The number of nitrogens with zero attached hydrogens (tertiary/aromatic N) is 1. The van der Waals surface area contributed by atoms with Crippen molar-refractivity contribution in [1.82, 2.24) is 5.32 Å². The second kappa shape index (κ2) is 9.53. The topological polar surface area (TPSA) is 75.7 Å². The fourth-order valence-electron chi connectivity index (χ4n) is 3.94. The Labute approximate surface area is 202 Å². The molecule has 0 bridgehead atoms. The van der Waals surface area contributed by atoms with E-state index in [1.54, 1.807) is 31.4 Å². The number of hydrogen-bond acceptors (Lipinski definition) is 4. The first kappa shape index (κ1) is 23.3. The van der Waals surface area contributed by atoms with E-state index in [1.807, 2.05) is 50.2 Å². The van der Waals surface area contributed by atoms with Gasteiger partial charge < -0.3 is 4.74 Å². The molecular weight excluding hydrogens is 452 g/mol. The Hall–Kier alpha value is -3.90. The Balaban J connectivity index is 1.78. The highest BCUT2D eigenvalue weighted by atomic mass is 35.5. The van der Waals surface area contributed by atoms with Crippen molar-refractivity contribution >= 4 is 41.2 Å². The molecule has 7 heteroatoms. The predicted octanol–water partition coefficient (Wildman–Crippen LogP) is 5.22. The first-order chi connectivity index (χ1) is 16.3. The summed E-state index contributed by atoms with van der Waals surface area (Å²) in [6.45, 7) is 3.74. The zero-order valence-corrected chi connectivity index (χ0v) is 19.8. The first-order valence-corrected chi connectivity index (χ1v) is 11.1. The van der Waals surface area contributed by atoms with E-state index in [4.69, 9.17) is 16.3 Å². The van der Waals surface area contributed by atoms with Crippen LogP contribution in [0.2, 0.25) is 5.02 Å². The normalized spacial score (nSPS) is 15.0. The molecule has 3 aromatic rings. The number of halogens is 1. The number of rotatable bonds is 5. The van der Waals surface area contributed by atoms with Crippen LogP contribution in [0.1, 0.15) is 27.8 Å². The number of hydrogen-bond donors (Lipinski definition) is 1. The van der Waals surface area contributed by atoms with Crippen LogP contribution >= 0.6 is 11.6 Å². The van der Waals surface area contributed by atoms with E-state index in [0.717, 1.165) is 27.2 Å². The van der Waals surface area contributed by atoms with E-state index in [9.17, 15) is 14.4 Å². The summed E-state index contributed by atoms with van der Waals surface area (Å²) in [5, 5.41) is 2.90. The summed E-state index contributed by atoms with van der Waals surface area (Å²) in [5.41, 5.74) is 4.40. The van der Waals surface area contributed by atoms with Gasteiger partial charge in [-0.15, -0.1) is 0 Å². The fourth-order valence-corrected chi connectivity index (χ4v) is 4.14. The smallest absolute Gasteiger partial charge is 0.335 e. The Bertz CT molecular complexity index is 1350. The quantitative estimate of drug-likeness (QED) is 0.406. The maximum absolute atomic E-state index is 13.4. The summed E-state index contributed by atoms with van der Waals surface area (Å²) >= 11 is 6.36. The summed E-state index contributed by atoms with van der Waals surface area (Å²) in [6, 6.07) is 17.4. The lowest BCUT2D eigenvalue weighted by atomic mass is 9.96. The van der Waals surface area contributed by atoms with Crippen molar-refractivity contribution in [2.24, 2.45) is 0 Å². The van der Waals surface area contributed by atoms with Crippen molar-refractivity contribution < 1.29 is 19.1 Å². The average molecular weight is 475 g/mol. The molecule has 1 heterocycles. The van der Waals surface area contributed by atoms with Crippen molar-refractivity contribution in [2.45, 2.75) is 20.3 Å². The summed E-state index contributed by atoms with van der Waals surface area (Å²) in [6.07, 6.45) is 1.97. The Morgan fingerprint density at radius 3 is 2.44 bits per heavy atom. The number of amides is 4. The minimum absolute atomic E-state index is 0.134. The van der Waals surface area contributed by atoms with E-state index in [2.05, 4.69) is 5.32 Å². The molecule has 172 valence electrons. The van der Waals surface area contributed by atoms with Crippen LogP contribution < -0.4 is 15.0 Å². The van der Waals surface area contributed by atoms with Crippen LogP contribution in [0.25, 0.3) is 6.08 Å². The third-order valence-corrected chi connectivity index (χ3v) is 6.05. The molecule has 0 spiro atoms. The van der Waals surface area contributed by atoms with Crippen LogP contribution in [0, 0.1) is 13.8 Å². The van der Waals surface area contributed by atoms with E-state index in [1.165, 1.54) is 6.08 Å². The SMILES string of the molecule is COc1ccc(/C=C2\C(=O)NC(=O)N(c3ccc(C)cc3C)C2=O)c(Cc2ccccc2Cl)c1. The number of carbonyl (C=O) groups excluding carboxylic acids is 3. The molecule has 3 aromatic carbocycles. The number of barbiturate groups is 1. The Kier molecular flexibility index (Phi) is 6.52. The number of ether oxygens (including phenoxy) is 1. The summed E-state index contributed by atoms with van der Waals surface area (Å²) < 4.78 is 5.37. The lowest BCUT2D eigenvalue weighted by Gasteiger charge is -2.27. The molecule has 1 fully saturated rings. The van der Waals surface area contributed by atoms with Crippen molar-refractivity contribution in [3.8, 4) is 5.75 Å². The first-order valence-electron chi connectivity index (χ1n) is 10.7. The standard InChI is InChI=1S/C27H23ClN2O4/c1-16-8-11-24(17(2)12-16)30-26(32)22(25(31)29-27(30)33)15-18-9-10-21(34-3)14-20(18)13-19-6-4-5-7-23(19)28/h4-12,14-15H,13H2,1-3H3,(H,29,31,33)/b22-15+. The molecule has 4 rings (SSSR count). The van der Waals surface area contributed by atoms with Crippen LogP contribution in [0.15, 0.2) is 66.2 Å². The molecule has 4 amide bonds. The zero-order chi connectivity index (χ0) is 24.4. The van der Waals surface area contributed by atoms with Gasteiger partial charge in [0.05, 0.1) is 12.8 Å². The third kappa shape index (κ3) is 4.58. The molecule has 1 aliphatic rings. The number of aryl methyl sites for hydroxylation is 2. The van der Waals surface area contributed by atoms with Gasteiger partial charge in [0.1, 0.15) is 11.3 Å². The molecule has 0 saturated carbocycles. The van der Waals surface area contributed by atoms with Gasteiger partial charge >= 0.3 is 6.03 Å². The Morgan fingerprint density at radius 2 is 1.74 bits per heavy atom. The van der Waals surface area contributed by atoms with Crippen LogP contribution in [0.4, 0.5) is 10.5 Å². The van der Waals surface area contributed by atoms with Gasteiger partial charge in [0.2, 0.25) is 0 Å². The minimum atomic E-state index is -0.773. The van der Waals surface area contributed by atoms with Crippen LogP contribution in [0.3, 0.4) is 0 Å². The largest absolute Gasteiger partial charge is 0.497 e. The molecule has 6 nitrogen and oxygen atoms in total. The van der Waals surface area contributed by atoms with Gasteiger partial charge in [-0.2, -0.15) is 0 Å². The molecular formula is C27H23ClN2O4. The number of nitrogens with one attached hydrogen (secondary N) is 1.